The molecule has 0 aromatic carbocycles. The van der Waals surface area contributed by atoms with Gasteiger partial charge in [0.25, 0.3) is 0 Å². The average molecular weight is 268 g/mol. The van der Waals surface area contributed by atoms with Gasteiger partial charge in [0.05, 0.1) is 12.7 Å². The average Bonchev–Trinajstić information content (AvgIpc) is 2.70. The first-order valence-electron chi connectivity index (χ1n) is 6.50. The fraction of sp³-hybridized carbons (Fsp3) is 0.692. The fourth-order valence-corrected chi connectivity index (χ4v) is 2.53. The number of hydrogen-bond donors (Lipinski definition) is 2. The topological polar surface area (TPSA) is 84.6 Å². The van der Waals surface area contributed by atoms with E-state index >= 15 is 0 Å². The molecule has 106 valence electrons. The van der Waals surface area contributed by atoms with Crippen molar-refractivity contribution in [1.29, 1.82) is 0 Å². The molecule has 0 bridgehead atoms. The highest BCUT2D eigenvalue weighted by Gasteiger charge is 2.43. The summed E-state index contributed by atoms with van der Waals surface area (Å²) in [5, 5.41) is 19.5. The van der Waals surface area contributed by atoms with E-state index in [1.54, 1.807) is 13.1 Å². The van der Waals surface area contributed by atoms with Crippen molar-refractivity contribution in [3.05, 3.63) is 27.9 Å². The van der Waals surface area contributed by atoms with Crippen LogP contribution in [0, 0.1) is 19.8 Å². The van der Waals surface area contributed by atoms with Crippen molar-refractivity contribution in [3.63, 3.8) is 0 Å². The van der Waals surface area contributed by atoms with Crippen LogP contribution in [0.25, 0.3) is 0 Å². The summed E-state index contributed by atoms with van der Waals surface area (Å²) in [4.78, 5) is 15.8. The lowest BCUT2D eigenvalue weighted by Crippen LogP contribution is -2.34. The lowest BCUT2D eigenvalue weighted by Gasteiger charge is -2.19. The van der Waals surface area contributed by atoms with Gasteiger partial charge in [-0.1, -0.05) is 6.92 Å². The molecule has 2 rings (SSSR count). The highest BCUT2D eigenvalue weighted by atomic mass is 16.5. The highest BCUT2D eigenvalue weighted by Crippen LogP contribution is 2.34. The molecule has 6 nitrogen and oxygen atoms in total. The highest BCUT2D eigenvalue weighted by molar-refractivity contribution is 5.12. The molecule has 1 aliphatic heterocycles. The molecule has 1 aliphatic rings. The first-order chi connectivity index (χ1) is 8.99. The summed E-state index contributed by atoms with van der Waals surface area (Å²) in [6.07, 6.45) is 0.282. The molecular weight excluding hydrogens is 248 g/mol. The van der Waals surface area contributed by atoms with Crippen molar-refractivity contribution < 1.29 is 14.9 Å². The Hall–Kier alpha value is -1.24. The maximum Gasteiger partial charge on any atom is 0.349 e. The van der Waals surface area contributed by atoms with Gasteiger partial charge in [-0.05, 0) is 25.8 Å². The summed E-state index contributed by atoms with van der Waals surface area (Å²) in [5.41, 5.74) is 1.08. The van der Waals surface area contributed by atoms with Gasteiger partial charge in [0.2, 0.25) is 0 Å². The van der Waals surface area contributed by atoms with Crippen molar-refractivity contribution in [2.45, 2.75) is 45.6 Å². The van der Waals surface area contributed by atoms with Crippen molar-refractivity contribution in [2.75, 3.05) is 6.61 Å². The van der Waals surface area contributed by atoms with Crippen molar-refractivity contribution in [1.82, 2.24) is 9.55 Å². The zero-order chi connectivity index (χ0) is 14.2. The van der Waals surface area contributed by atoms with Crippen LogP contribution in [-0.2, 0) is 4.74 Å². The SMILES string of the molecule is CCC1C(O)[C@H](n2cc(C)c(C)nc2=O)O[C@@H]1CO. The second-order valence-corrected chi connectivity index (χ2v) is 5.01. The van der Waals surface area contributed by atoms with E-state index in [-0.39, 0.29) is 12.5 Å². The third-order valence-electron chi connectivity index (χ3n) is 3.84. The first-order valence-corrected chi connectivity index (χ1v) is 6.50. The zero-order valence-electron chi connectivity index (χ0n) is 11.4. The monoisotopic (exact) mass is 268 g/mol. The number of rotatable bonds is 3. The van der Waals surface area contributed by atoms with Gasteiger partial charge in [0.1, 0.15) is 6.10 Å². The zero-order valence-corrected chi connectivity index (χ0v) is 11.4. The van der Waals surface area contributed by atoms with Crippen LogP contribution in [0.4, 0.5) is 0 Å². The molecule has 1 aromatic heterocycles. The van der Waals surface area contributed by atoms with E-state index in [9.17, 15) is 15.0 Å². The molecule has 4 atom stereocenters. The number of aryl methyl sites for hydroxylation is 2. The van der Waals surface area contributed by atoms with Crippen LogP contribution in [0.2, 0.25) is 0 Å². The van der Waals surface area contributed by atoms with E-state index in [1.165, 1.54) is 4.57 Å². The second kappa shape index (κ2) is 5.40. The molecule has 0 radical (unpaired) electrons. The van der Waals surface area contributed by atoms with E-state index in [4.69, 9.17) is 4.74 Å². The lowest BCUT2D eigenvalue weighted by molar-refractivity contribution is -0.0536. The van der Waals surface area contributed by atoms with Gasteiger partial charge in [0.15, 0.2) is 6.23 Å². The molecule has 1 saturated heterocycles. The predicted molar refractivity (Wildman–Crippen MR) is 68.8 cm³/mol. The van der Waals surface area contributed by atoms with Gasteiger partial charge >= 0.3 is 5.69 Å². The van der Waals surface area contributed by atoms with Gasteiger partial charge in [-0.25, -0.2) is 4.79 Å². The Morgan fingerprint density at radius 3 is 2.68 bits per heavy atom. The normalized spacial score (nSPS) is 30.8. The van der Waals surface area contributed by atoms with Crippen LogP contribution in [0.1, 0.15) is 30.8 Å². The number of aliphatic hydroxyl groups excluding tert-OH is 2. The van der Waals surface area contributed by atoms with Crippen molar-refractivity contribution in [3.8, 4) is 0 Å². The Morgan fingerprint density at radius 1 is 1.47 bits per heavy atom. The van der Waals surface area contributed by atoms with Crippen LogP contribution in [0.15, 0.2) is 11.0 Å². The summed E-state index contributed by atoms with van der Waals surface area (Å²) >= 11 is 0. The molecule has 6 heteroatoms. The smallest absolute Gasteiger partial charge is 0.349 e. The number of nitrogens with zero attached hydrogens (tertiary/aromatic N) is 2. The molecule has 1 fully saturated rings. The molecule has 0 aliphatic carbocycles. The quantitative estimate of drug-likeness (QED) is 0.814. The van der Waals surface area contributed by atoms with E-state index < -0.39 is 24.1 Å². The minimum Gasteiger partial charge on any atom is -0.394 e. The lowest BCUT2D eigenvalue weighted by atomic mass is 9.95. The third-order valence-corrected chi connectivity index (χ3v) is 3.84. The molecular formula is C13H20N2O4. The Bertz CT molecular complexity index is 514. The molecule has 0 saturated carbocycles. The third kappa shape index (κ3) is 2.43. The molecule has 2 heterocycles. The summed E-state index contributed by atoms with van der Waals surface area (Å²) in [6.45, 7) is 5.36. The van der Waals surface area contributed by atoms with Gasteiger partial charge < -0.3 is 14.9 Å². The second-order valence-electron chi connectivity index (χ2n) is 5.01. The van der Waals surface area contributed by atoms with Crippen LogP contribution in [0.5, 0.6) is 0 Å². The number of hydrogen-bond acceptors (Lipinski definition) is 5. The summed E-state index contributed by atoms with van der Waals surface area (Å²) in [7, 11) is 0. The van der Waals surface area contributed by atoms with Crippen molar-refractivity contribution >= 4 is 0 Å². The van der Waals surface area contributed by atoms with Crippen LogP contribution in [-0.4, -0.2) is 38.6 Å². The molecule has 2 unspecified atom stereocenters. The molecule has 0 amide bonds. The molecule has 0 spiro atoms. The number of ether oxygens (including phenoxy) is 1. The Labute approximate surface area is 111 Å². The summed E-state index contributed by atoms with van der Waals surface area (Å²) < 4.78 is 6.92. The van der Waals surface area contributed by atoms with Gasteiger partial charge in [-0.2, -0.15) is 4.98 Å². The summed E-state index contributed by atoms with van der Waals surface area (Å²) in [5.74, 6) is -0.177. The predicted octanol–water partition coefficient (Wildman–Crippen LogP) is 0.137. The minimum atomic E-state index is -0.816. The van der Waals surface area contributed by atoms with E-state index in [2.05, 4.69) is 4.98 Å². The van der Waals surface area contributed by atoms with Gasteiger partial charge in [-0.15, -0.1) is 0 Å². The molecule has 19 heavy (non-hydrogen) atoms. The maximum atomic E-state index is 11.9. The van der Waals surface area contributed by atoms with E-state index in [0.29, 0.717) is 12.1 Å². The summed E-state index contributed by atoms with van der Waals surface area (Å²) in [6, 6.07) is 0. The van der Waals surface area contributed by atoms with Crippen molar-refractivity contribution in [2.24, 2.45) is 5.92 Å². The molecule has 2 N–H and O–H groups in total. The largest absolute Gasteiger partial charge is 0.394 e. The number of aliphatic hydroxyl groups is 2. The first kappa shape index (κ1) is 14.2. The fourth-order valence-electron chi connectivity index (χ4n) is 2.53. The van der Waals surface area contributed by atoms with Gasteiger partial charge in [0, 0.05) is 17.8 Å². The molecule has 1 aromatic rings. The van der Waals surface area contributed by atoms with E-state index in [1.807, 2.05) is 13.8 Å². The maximum absolute atomic E-state index is 11.9. The standard InChI is InChI=1S/C13H20N2O4/c1-4-9-10(6-16)19-12(11(9)17)15-5-7(2)8(3)14-13(15)18/h5,9-12,16-17H,4,6H2,1-3H3/t9?,10-,11?,12-/m1/s1. The van der Waals surface area contributed by atoms with Crippen LogP contribution < -0.4 is 5.69 Å². The Kier molecular flexibility index (Phi) is 4.03. The van der Waals surface area contributed by atoms with Gasteiger partial charge in [-0.3, -0.25) is 4.57 Å². The minimum absolute atomic E-state index is 0.168. The van der Waals surface area contributed by atoms with E-state index in [0.717, 1.165) is 5.56 Å². The Morgan fingerprint density at radius 2 is 2.16 bits per heavy atom. The van der Waals surface area contributed by atoms with Crippen LogP contribution in [0.3, 0.4) is 0 Å². The number of aromatic nitrogens is 2. The van der Waals surface area contributed by atoms with Crippen LogP contribution >= 0.6 is 0 Å². The Balaban J connectivity index is 2.38.